The number of benzene rings is 1. The molecule has 170 valence electrons. The molecule has 0 aliphatic carbocycles. The minimum absolute atomic E-state index is 0.0126. The summed E-state index contributed by atoms with van der Waals surface area (Å²) in [5.74, 6) is 1.56. The summed E-state index contributed by atoms with van der Waals surface area (Å²) >= 11 is 0. The van der Waals surface area contributed by atoms with Crippen LogP contribution >= 0.6 is 0 Å². The minimum Gasteiger partial charge on any atom is -0.497 e. The van der Waals surface area contributed by atoms with Gasteiger partial charge >= 0.3 is 0 Å². The summed E-state index contributed by atoms with van der Waals surface area (Å²) in [4.78, 5) is 26.8. The molecule has 0 aliphatic heterocycles. The van der Waals surface area contributed by atoms with Gasteiger partial charge < -0.3 is 19.1 Å². The third-order valence-corrected chi connectivity index (χ3v) is 5.38. The second-order valence-corrected chi connectivity index (χ2v) is 8.00. The highest BCUT2D eigenvalue weighted by Crippen LogP contribution is 2.18. The van der Waals surface area contributed by atoms with Crippen molar-refractivity contribution in [3.63, 3.8) is 0 Å². The Hall–Kier alpha value is -3.39. The molecule has 0 unspecified atom stereocenters. The Morgan fingerprint density at radius 1 is 1.12 bits per heavy atom. The lowest BCUT2D eigenvalue weighted by molar-refractivity contribution is -0.116. The molecule has 1 N–H and O–H groups in total. The van der Waals surface area contributed by atoms with Crippen LogP contribution in [-0.2, 0) is 17.8 Å². The number of methoxy groups -OCH3 is 1. The summed E-state index contributed by atoms with van der Waals surface area (Å²) in [7, 11) is 3.40. The maximum absolute atomic E-state index is 12.9. The maximum Gasteiger partial charge on any atom is 0.239 e. The second-order valence-electron chi connectivity index (χ2n) is 8.00. The highest BCUT2D eigenvalue weighted by Gasteiger charge is 2.18. The van der Waals surface area contributed by atoms with Crippen LogP contribution in [0, 0.1) is 20.8 Å². The topological polar surface area (TPSA) is 89.6 Å². The Bertz CT molecular complexity index is 1080. The largest absolute Gasteiger partial charge is 0.497 e. The number of amides is 1. The van der Waals surface area contributed by atoms with E-state index in [-0.39, 0.29) is 24.8 Å². The molecule has 3 aromatic rings. The highest BCUT2D eigenvalue weighted by molar-refractivity contribution is 5.99. The molecule has 1 aromatic carbocycles. The van der Waals surface area contributed by atoms with E-state index in [9.17, 15) is 9.59 Å². The predicted octanol–water partition coefficient (Wildman–Crippen LogP) is 3.41. The molecule has 0 aliphatic rings. The molecule has 0 radical (unpaired) electrons. The van der Waals surface area contributed by atoms with E-state index in [1.807, 2.05) is 32.0 Å². The van der Waals surface area contributed by atoms with Crippen LogP contribution in [0.15, 0.2) is 40.9 Å². The molecule has 0 bridgehead atoms. The normalized spacial score (nSPS) is 11.1. The first-order chi connectivity index (χ1) is 15.3. The van der Waals surface area contributed by atoms with Crippen LogP contribution < -0.4 is 10.1 Å². The minimum atomic E-state index is -0.251. The number of Topliss-reactive ketones (excluding diaryl/α,β-unsaturated/α-hetero) is 1. The van der Waals surface area contributed by atoms with Crippen LogP contribution in [0.5, 0.6) is 5.75 Å². The Morgan fingerprint density at radius 2 is 1.84 bits per heavy atom. The van der Waals surface area contributed by atoms with E-state index in [1.165, 1.54) is 5.56 Å². The average molecular weight is 439 g/mol. The van der Waals surface area contributed by atoms with Gasteiger partial charge in [-0.15, -0.1) is 0 Å². The van der Waals surface area contributed by atoms with Gasteiger partial charge in [0.05, 0.1) is 20.2 Å². The molecule has 2 heterocycles. The van der Waals surface area contributed by atoms with E-state index in [2.05, 4.69) is 27.2 Å². The molecule has 0 fully saturated rings. The monoisotopic (exact) mass is 438 g/mol. The molecule has 0 saturated carbocycles. The number of likely N-dealkylation sites (N-methyl/N-ethyl adjacent to an activating group) is 1. The molecular weight excluding hydrogens is 408 g/mol. The third kappa shape index (κ3) is 5.85. The molecule has 0 atom stereocenters. The van der Waals surface area contributed by atoms with Crippen molar-refractivity contribution in [1.82, 2.24) is 14.6 Å². The zero-order valence-corrected chi connectivity index (χ0v) is 19.3. The SMILES string of the molecule is COc1ccc(CCn2c(C)cc(C(=O)CN(C)CC(=O)Nc3cc(C)on3)c2C)cc1. The van der Waals surface area contributed by atoms with Crippen LogP contribution in [0.1, 0.15) is 33.1 Å². The Morgan fingerprint density at radius 3 is 2.47 bits per heavy atom. The van der Waals surface area contributed by atoms with Gasteiger partial charge in [0.2, 0.25) is 5.91 Å². The lowest BCUT2D eigenvalue weighted by atomic mass is 10.1. The van der Waals surface area contributed by atoms with E-state index in [4.69, 9.17) is 9.26 Å². The number of nitrogens with one attached hydrogen (secondary N) is 1. The zero-order valence-electron chi connectivity index (χ0n) is 19.3. The zero-order chi connectivity index (χ0) is 23.3. The first-order valence-corrected chi connectivity index (χ1v) is 10.5. The van der Waals surface area contributed by atoms with Crippen molar-refractivity contribution in [2.24, 2.45) is 0 Å². The smallest absolute Gasteiger partial charge is 0.239 e. The number of carbonyl (C=O) groups excluding carboxylic acids is 2. The molecule has 8 nitrogen and oxygen atoms in total. The molecule has 0 saturated heterocycles. The lowest BCUT2D eigenvalue weighted by Crippen LogP contribution is -2.34. The Balaban J connectivity index is 1.57. The number of carbonyl (C=O) groups is 2. The molecule has 0 spiro atoms. The lowest BCUT2D eigenvalue weighted by Gasteiger charge is -2.15. The first-order valence-electron chi connectivity index (χ1n) is 10.5. The van der Waals surface area contributed by atoms with Gasteiger partial charge in [0.15, 0.2) is 11.6 Å². The van der Waals surface area contributed by atoms with Crippen LogP contribution in [0.2, 0.25) is 0 Å². The number of ether oxygens (including phenoxy) is 1. The van der Waals surface area contributed by atoms with Crippen molar-refractivity contribution in [3.8, 4) is 5.75 Å². The number of aryl methyl sites for hydroxylation is 3. The van der Waals surface area contributed by atoms with Crippen molar-refractivity contribution in [1.29, 1.82) is 0 Å². The van der Waals surface area contributed by atoms with Gasteiger partial charge in [0.25, 0.3) is 0 Å². The van der Waals surface area contributed by atoms with Crippen LogP contribution in [0.3, 0.4) is 0 Å². The molecule has 32 heavy (non-hydrogen) atoms. The van der Waals surface area contributed by atoms with Gasteiger partial charge in [-0.2, -0.15) is 0 Å². The second kappa shape index (κ2) is 10.3. The number of hydrogen-bond acceptors (Lipinski definition) is 6. The van der Waals surface area contributed by atoms with Gasteiger partial charge in [-0.1, -0.05) is 17.3 Å². The molecule has 8 heteroatoms. The van der Waals surface area contributed by atoms with E-state index in [0.29, 0.717) is 17.1 Å². The number of aromatic nitrogens is 2. The van der Waals surface area contributed by atoms with Crippen molar-refractivity contribution in [2.45, 2.75) is 33.7 Å². The van der Waals surface area contributed by atoms with Crippen molar-refractivity contribution >= 4 is 17.5 Å². The van der Waals surface area contributed by atoms with E-state index < -0.39 is 0 Å². The summed E-state index contributed by atoms with van der Waals surface area (Å²) in [6.07, 6.45) is 0.857. The quantitative estimate of drug-likeness (QED) is 0.488. The highest BCUT2D eigenvalue weighted by atomic mass is 16.5. The Labute approximate surface area is 188 Å². The number of nitrogens with zero attached hydrogens (tertiary/aromatic N) is 3. The van der Waals surface area contributed by atoms with Crippen LogP contribution in [-0.4, -0.2) is 53.6 Å². The van der Waals surface area contributed by atoms with Crippen LogP contribution in [0.4, 0.5) is 5.82 Å². The molecular formula is C24H30N4O4. The van der Waals surface area contributed by atoms with E-state index in [0.717, 1.165) is 30.1 Å². The standard InChI is InChI=1S/C24H30N4O4/c1-16-12-21(18(3)28(16)11-10-19-6-8-20(31-5)9-7-19)22(29)14-27(4)15-24(30)25-23-13-17(2)32-26-23/h6-9,12-13H,10-11,14-15H2,1-5H3,(H,25,26,30). The number of hydrogen-bond donors (Lipinski definition) is 1. The van der Waals surface area contributed by atoms with E-state index >= 15 is 0 Å². The summed E-state index contributed by atoms with van der Waals surface area (Å²) in [5.41, 5.74) is 3.88. The summed E-state index contributed by atoms with van der Waals surface area (Å²) in [6, 6.07) is 11.6. The number of rotatable bonds is 10. The number of anilines is 1. The summed E-state index contributed by atoms with van der Waals surface area (Å²) < 4.78 is 12.3. The molecule has 1 amide bonds. The van der Waals surface area contributed by atoms with Gasteiger partial charge in [0.1, 0.15) is 11.5 Å². The maximum atomic E-state index is 12.9. The predicted molar refractivity (Wildman–Crippen MR) is 122 cm³/mol. The van der Waals surface area contributed by atoms with E-state index in [1.54, 1.807) is 32.0 Å². The summed E-state index contributed by atoms with van der Waals surface area (Å²) in [6.45, 7) is 6.73. The van der Waals surface area contributed by atoms with Crippen molar-refractivity contribution in [3.05, 3.63) is 64.7 Å². The first kappa shape index (κ1) is 23.3. The van der Waals surface area contributed by atoms with Gasteiger partial charge in [0, 0.05) is 29.6 Å². The van der Waals surface area contributed by atoms with Gasteiger partial charge in [-0.25, -0.2) is 0 Å². The summed E-state index contributed by atoms with van der Waals surface area (Å²) in [5, 5.41) is 6.40. The number of ketones is 1. The fourth-order valence-electron chi connectivity index (χ4n) is 3.70. The van der Waals surface area contributed by atoms with Gasteiger partial charge in [-0.05, 0) is 58.0 Å². The third-order valence-electron chi connectivity index (χ3n) is 5.38. The fraction of sp³-hybridized carbons (Fsp3) is 0.375. The van der Waals surface area contributed by atoms with Crippen molar-refractivity contribution < 1.29 is 18.8 Å². The van der Waals surface area contributed by atoms with Crippen LogP contribution in [0.25, 0.3) is 0 Å². The van der Waals surface area contributed by atoms with Crippen molar-refractivity contribution in [2.75, 3.05) is 32.6 Å². The Kier molecular flexibility index (Phi) is 7.48. The molecule has 3 rings (SSSR count). The fourth-order valence-corrected chi connectivity index (χ4v) is 3.70. The average Bonchev–Trinajstić information content (AvgIpc) is 3.28. The molecule has 2 aromatic heterocycles. The van der Waals surface area contributed by atoms with Gasteiger partial charge in [-0.3, -0.25) is 14.5 Å².